The van der Waals surface area contributed by atoms with Crippen LogP contribution < -0.4 is 5.32 Å². The minimum atomic E-state index is -0.199. The maximum absolute atomic E-state index is 12.2. The van der Waals surface area contributed by atoms with Gasteiger partial charge in [0.25, 0.3) is 5.91 Å². The first kappa shape index (κ1) is 14.2. The summed E-state index contributed by atoms with van der Waals surface area (Å²) in [5, 5.41) is 7.15. The lowest BCUT2D eigenvalue weighted by atomic mass is 10.2. The van der Waals surface area contributed by atoms with Crippen LogP contribution in [0.3, 0.4) is 0 Å². The van der Waals surface area contributed by atoms with E-state index in [1.54, 1.807) is 23.1 Å². The highest BCUT2D eigenvalue weighted by atomic mass is 16.1. The van der Waals surface area contributed by atoms with Crippen LogP contribution in [0.2, 0.25) is 0 Å². The molecule has 0 spiro atoms. The Bertz CT molecular complexity index is 589. The normalized spacial score (nSPS) is 10.8. The van der Waals surface area contributed by atoms with E-state index in [0.717, 1.165) is 24.2 Å². The summed E-state index contributed by atoms with van der Waals surface area (Å²) in [6.45, 7) is 7.08. The molecule has 0 atom stereocenters. The molecule has 2 rings (SSSR count). The Morgan fingerprint density at radius 3 is 2.90 bits per heavy atom. The van der Waals surface area contributed by atoms with Gasteiger partial charge in [0.1, 0.15) is 0 Å². The van der Waals surface area contributed by atoms with Gasteiger partial charge in [-0.05, 0) is 30.0 Å². The summed E-state index contributed by atoms with van der Waals surface area (Å²) in [4.78, 5) is 16.2. The first-order valence-electron chi connectivity index (χ1n) is 6.87. The van der Waals surface area contributed by atoms with Crippen LogP contribution in [-0.4, -0.2) is 20.7 Å². The molecule has 2 aromatic heterocycles. The summed E-state index contributed by atoms with van der Waals surface area (Å²) in [6, 6.07) is 3.65. The molecule has 2 aromatic rings. The Morgan fingerprint density at radius 1 is 1.40 bits per heavy atom. The van der Waals surface area contributed by atoms with Gasteiger partial charge in [-0.25, -0.2) is 0 Å². The number of hydrogen-bond acceptors (Lipinski definition) is 3. The maximum atomic E-state index is 12.2. The van der Waals surface area contributed by atoms with Crippen LogP contribution in [0.5, 0.6) is 0 Å². The van der Waals surface area contributed by atoms with E-state index < -0.39 is 0 Å². The highest BCUT2D eigenvalue weighted by molar-refractivity contribution is 6.03. The number of carbonyl (C=O) groups excluding carboxylic acids is 1. The SMILES string of the molecule is CCc1ccncc1NC(=O)c1ccn(CC(C)C)n1. The number of nitrogens with one attached hydrogen (secondary N) is 1. The Morgan fingerprint density at radius 2 is 2.20 bits per heavy atom. The summed E-state index contributed by atoms with van der Waals surface area (Å²) < 4.78 is 1.80. The number of nitrogens with zero attached hydrogens (tertiary/aromatic N) is 3. The van der Waals surface area contributed by atoms with Crippen LogP contribution in [0.25, 0.3) is 0 Å². The number of rotatable bonds is 5. The number of hydrogen-bond donors (Lipinski definition) is 1. The van der Waals surface area contributed by atoms with Crippen molar-refractivity contribution >= 4 is 11.6 Å². The number of anilines is 1. The van der Waals surface area contributed by atoms with Crippen molar-refractivity contribution in [2.75, 3.05) is 5.32 Å². The van der Waals surface area contributed by atoms with Gasteiger partial charge in [0.2, 0.25) is 0 Å². The molecule has 2 heterocycles. The molecule has 0 aliphatic rings. The third-order valence-electron chi connectivity index (χ3n) is 2.97. The van der Waals surface area contributed by atoms with Gasteiger partial charge in [0, 0.05) is 18.9 Å². The first-order chi connectivity index (χ1) is 9.60. The van der Waals surface area contributed by atoms with E-state index in [1.165, 1.54) is 0 Å². The molecule has 0 aliphatic carbocycles. The molecule has 0 saturated carbocycles. The van der Waals surface area contributed by atoms with Crippen molar-refractivity contribution in [3.05, 3.63) is 42.0 Å². The van der Waals surface area contributed by atoms with Gasteiger partial charge in [-0.3, -0.25) is 14.5 Å². The van der Waals surface area contributed by atoms with Gasteiger partial charge >= 0.3 is 0 Å². The highest BCUT2D eigenvalue weighted by Crippen LogP contribution is 2.14. The number of amides is 1. The monoisotopic (exact) mass is 272 g/mol. The smallest absolute Gasteiger partial charge is 0.276 e. The van der Waals surface area contributed by atoms with E-state index in [2.05, 4.69) is 29.2 Å². The zero-order chi connectivity index (χ0) is 14.5. The van der Waals surface area contributed by atoms with Crippen LogP contribution in [0, 0.1) is 5.92 Å². The van der Waals surface area contributed by atoms with E-state index in [1.807, 2.05) is 19.2 Å². The fourth-order valence-corrected chi connectivity index (χ4v) is 1.99. The summed E-state index contributed by atoms with van der Waals surface area (Å²) >= 11 is 0. The minimum absolute atomic E-state index is 0.199. The van der Waals surface area contributed by atoms with Crippen molar-refractivity contribution < 1.29 is 4.79 Å². The van der Waals surface area contributed by atoms with Gasteiger partial charge in [0.15, 0.2) is 5.69 Å². The van der Waals surface area contributed by atoms with E-state index in [4.69, 9.17) is 0 Å². The van der Waals surface area contributed by atoms with Crippen molar-refractivity contribution in [2.45, 2.75) is 33.7 Å². The van der Waals surface area contributed by atoms with Crippen LogP contribution in [0.1, 0.15) is 36.8 Å². The lowest BCUT2D eigenvalue weighted by Crippen LogP contribution is -2.15. The van der Waals surface area contributed by atoms with Crippen molar-refractivity contribution in [2.24, 2.45) is 5.92 Å². The Hall–Kier alpha value is -2.17. The molecular formula is C15H20N4O. The lowest BCUT2D eigenvalue weighted by Gasteiger charge is -2.07. The first-order valence-corrected chi connectivity index (χ1v) is 6.87. The van der Waals surface area contributed by atoms with Crippen molar-refractivity contribution in [3.8, 4) is 0 Å². The molecule has 0 fully saturated rings. The standard InChI is InChI=1S/C15H20N4O/c1-4-12-5-7-16-9-14(12)17-15(20)13-6-8-19(18-13)10-11(2)3/h5-9,11H,4,10H2,1-3H3,(H,17,20). The van der Waals surface area contributed by atoms with E-state index >= 15 is 0 Å². The molecule has 0 saturated heterocycles. The predicted octanol–water partition coefficient (Wildman–Crippen LogP) is 2.75. The van der Waals surface area contributed by atoms with Crippen molar-refractivity contribution in [1.29, 1.82) is 0 Å². The molecule has 5 nitrogen and oxygen atoms in total. The topological polar surface area (TPSA) is 59.8 Å². The van der Waals surface area contributed by atoms with E-state index in [9.17, 15) is 4.79 Å². The maximum Gasteiger partial charge on any atom is 0.276 e. The van der Waals surface area contributed by atoms with Crippen molar-refractivity contribution in [1.82, 2.24) is 14.8 Å². The van der Waals surface area contributed by atoms with Gasteiger partial charge in [-0.1, -0.05) is 20.8 Å². The van der Waals surface area contributed by atoms with Gasteiger partial charge in [0.05, 0.1) is 11.9 Å². The molecule has 5 heteroatoms. The van der Waals surface area contributed by atoms with E-state index in [0.29, 0.717) is 11.6 Å². The summed E-state index contributed by atoms with van der Waals surface area (Å²) in [7, 11) is 0. The Kier molecular flexibility index (Phi) is 4.50. The fraction of sp³-hybridized carbons (Fsp3) is 0.400. The zero-order valence-electron chi connectivity index (χ0n) is 12.1. The average Bonchev–Trinajstić information content (AvgIpc) is 2.87. The molecule has 0 bridgehead atoms. The van der Waals surface area contributed by atoms with Crippen LogP contribution >= 0.6 is 0 Å². The van der Waals surface area contributed by atoms with Crippen LogP contribution in [0.15, 0.2) is 30.7 Å². The molecule has 1 amide bonds. The second-order valence-corrected chi connectivity index (χ2v) is 5.16. The number of pyridine rings is 1. The molecule has 1 N–H and O–H groups in total. The highest BCUT2D eigenvalue weighted by Gasteiger charge is 2.12. The Labute approximate surface area is 119 Å². The molecule has 0 unspecified atom stereocenters. The quantitative estimate of drug-likeness (QED) is 0.910. The molecule has 20 heavy (non-hydrogen) atoms. The second kappa shape index (κ2) is 6.32. The molecule has 106 valence electrons. The summed E-state index contributed by atoms with van der Waals surface area (Å²) in [5.41, 5.74) is 2.24. The van der Waals surface area contributed by atoms with Gasteiger partial charge in [-0.2, -0.15) is 5.10 Å². The number of aromatic nitrogens is 3. The molecule has 0 aromatic carbocycles. The Balaban J connectivity index is 2.10. The van der Waals surface area contributed by atoms with Gasteiger partial charge in [-0.15, -0.1) is 0 Å². The number of aryl methyl sites for hydroxylation is 1. The predicted molar refractivity (Wildman–Crippen MR) is 78.6 cm³/mol. The summed E-state index contributed by atoms with van der Waals surface area (Å²) in [6.07, 6.45) is 6.08. The third-order valence-corrected chi connectivity index (χ3v) is 2.97. The largest absolute Gasteiger partial charge is 0.319 e. The zero-order valence-corrected chi connectivity index (χ0v) is 12.1. The molecule has 0 aliphatic heterocycles. The van der Waals surface area contributed by atoms with Crippen LogP contribution in [0.4, 0.5) is 5.69 Å². The van der Waals surface area contributed by atoms with Crippen molar-refractivity contribution in [3.63, 3.8) is 0 Å². The molecular weight excluding hydrogens is 252 g/mol. The van der Waals surface area contributed by atoms with E-state index in [-0.39, 0.29) is 5.91 Å². The molecule has 0 radical (unpaired) electrons. The minimum Gasteiger partial charge on any atom is -0.319 e. The average molecular weight is 272 g/mol. The second-order valence-electron chi connectivity index (χ2n) is 5.16. The van der Waals surface area contributed by atoms with Gasteiger partial charge < -0.3 is 5.32 Å². The lowest BCUT2D eigenvalue weighted by molar-refractivity contribution is 0.102. The summed E-state index contributed by atoms with van der Waals surface area (Å²) in [5.74, 6) is 0.297. The fourth-order valence-electron chi connectivity index (χ4n) is 1.99. The number of carbonyl (C=O) groups is 1. The van der Waals surface area contributed by atoms with Crippen LogP contribution in [-0.2, 0) is 13.0 Å². The third kappa shape index (κ3) is 3.44.